The fourth-order valence-electron chi connectivity index (χ4n) is 1.45. The maximum Gasteiger partial charge on any atom is 0.248 e. The molecular weight excluding hydrogens is 183 g/mol. The van der Waals surface area contributed by atoms with Crippen LogP contribution < -0.4 is 5.73 Å². The Bertz CT molecular complexity index is 516. The standard InChI is InChI=1S/C10H9FN2O/c1-13-8-4-7(10(12)14)3-2-6(8)5-9(13)11/h2-5H,1H3,(H2,12,14). The highest BCUT2D eigenvalue weighted by Crippen LogP contribution is 2.18. The maximum absolute atomic E-state index is 13.1. The van der Waals surface area contributed by atoms with Gasteiger partial charge in [0.2, 0.25) is 5.91 Å². The normalized spacial score (nSPS) is 10.7. The molecule has 2 aromatic rings. The molecule has 0 radical (unpaired) electrons. The van der Waals surface area contributed by atoms with Gasteiger partial charge in [0.15, 0.2) is 5.95 Å². The van der Waals surface area contributed by atoms with Crippen LogP contribution in [0.3, 0.4) is 0 Å². The Balaban J connectivity index is 2.76. The van der Waals surface area contributed by atoms with Gasteiger partial charge in [-0.2, -0.15) is 4.39 Å². The second-order valence-electron chi connectivity index (χ2n) is 3.16. The number of benzene rings is 1. The molecule has 0 saturated carbocycles. The van der Waals surface area contributed by atoms with Gasteiger partial charge in [0, 0.05) is 24.1 Å². The Labute approximate surface area is 79.9 Å². The summed E-state index contributed by atoms with van der Waals surface area (Å²) in [6, 6.07) is 6.27. The van der Waals surface area contributed by atoms with E-state index < -0.39 is 5.91 Å². The smallest absolute Gasteiger partial charge is 0.248 e. The zero-order valence-corrected chi connectivity index (χ0v) is 7.62. The number of primary amides is 1. The molecule has 2 rings (SSSR count). The first-order valence-electron chi connectivity index (χ1n) is 4.14. The van der Waals surface area contributed by atoms with Gasteiger partial charge in [-0.3, -0.25) is 4.79 Å². The molecule has 0 bridgehead atoms. The molecule has 1 aromatic carbocycles. The second kappa shape index (κ2) is 2.83. The van der Waals surface area contributed by atoms with Gasteiger partial charge >= 0.3 is 0 Å². The third kappa shape index (κ3) is 1.16. The molecule has 0 aliphatic heterocycles. The van der Waals surface area contributed by atoms with Gasteiger partial charge in [-0.1, -0.05) is 6.07 Å². The van der Waals surface area contributed by atoms with Crippen LogP contribution in [0.25, 0.3) is 10.9 Å². The van der Waals surface area contributed by atoms with Crippen LogP contribution in [0, 0.1) is 5.95 Å². The molecule has 0 spiro atoms. The summed E-state index contributed by atoms with van der Waals surface area (Å²) in [4.78, 5) is 10.9. The molecule has 0 fully saturated rings. The van der Waals surface area contributed by atoms with Gasteiger partial charge < -0.3 is 10.3 Å². The Morgan fingerprint density at radius 2 is 2.14 bits per heavy atom. The van der Waals surface area contributed by atoms with Crippen LogP contribution in [0.1, 0.15) is 10.4 Å². The van der Waals surface area contributed by atoms with Crippen molar-refractivity contribution in [1.29, 1.82) is 0 Å². The van der Waals surface area contributed by atoms with Crippen molar-refractivity contribution >= 4 is 16.8 Å². The summed E-state index contributed by atoms with van der Waals surface area (Å²) in [7, 11) is 1.60. The summed E-state index contributed by atoms with van der Waals surface area (Å²) in [5, 5.41) is 0.759. The summed E-state index contributed by atoms with van der Waals surface area (Å²) in [5.41, 5.74) is 6.17. The third-order valence-corrected chi connectivity index (χ3v) is 2.27. The quantitative estimate of drug-likeness (QED) is 0.729. The van der Waals surface area contributed by atoms with Gasteiger partial charge in [-0.05, 0) is 12.1 Å². The van der Waals surface area contributed by atoms with Gasteiger partial charge in [-0.15, -0.1) is 0 Å². The van der Waals surface area contributed by atoms with E-state index in [1.165, 1.54) is 10.6 Å². The van der Waals surface area contributed by atoms with Crippen molar-refractivity contribution in [2.24, 2.45) is 12.8 Å². The van der Waals surface area contributed by atoms with Crippen molar-refractivity contribution in [2.45, 2.75) is 0 Å². The molecule has 0 atom stereocenters. The number of nitrogens with zero attached hydrogens (tertiary/aromatic N) is 1. The summed E-state index contributed by atoms with van der Waals surface area (Å²) in [6.07, 6.45) is 0. The second-order valence-corrected chi connectivity index (χ2v) is 3.16. The fraction of sp³-hybridized carbons (Fsp3) is 0.100. The van der Waals surface area contributed by atoms with Crippen molar-refractivity contribution in [2.75, 3.05) is 0 Å². The van der Waals surface area contributed by atoms with E-state index in [1.54, 1.807) is 25.2 Å². The Morgan fingerprint density at radius 1 is 1.43 bits per heavy atom. The maximum atomic E-state index is 13.1. The van der Waals surface area contributed by atoms with Crippen LogP contribution in [0.2, 0.25) is 0 Å². The van der Waals surface area contributed by atoms with E-state index >= 15 is 0 Å². The molecule has 1 heterocycles. The Morgan fingerprint density at radius 3 is 2.79 bits per heavy atom. The predicted molar refractivity (Wildman–Crippen MR) is 51.4 cm³/mol. The number of amides is 1. The van der Waals surface area contributed by atoms with Crippen LogP contribution >= 0.6 is 0 Å². The van der Waals surface area contributed by atoms with Crippen LogP contribution in [-0.2, 0) is 7.05 Å². The number of rotatable bonds is 1. The van der Waals surface area contributed by atoms with E-state index in [-0.39, 0.29) is 5.95 Å². The van der Waals surface area contributed by atoms with E-state index in [0.717, 1.165) is 5.39 Å². The average Bonchev–Trinajstić information content (AvgIpc) is 2.43. The van der Waals surface area contributed by atoms with E-state index in [2.05, 4.69) is 0 Å². The van der Waals surface area contributed by atoms with Gasteiger partial charge in [0.1, 0.15) is 0 Å². The van der Waals surface area contributed by atoms with Crippen LogP contribution in [-0.4, -0.2) is 10.5 Å². The van der Waals surface area contributed by atoms with Crippen LogP contribution in [0.4, 0.5) is 4.39 Å². The number of nitrogens with two attached hydrogens (primary N) is 1. The first kappa shape index (κ1) is 8.74. The molecule has 1 aromatic heterocycles. The summed E-state index contributed by atoms with van der Waals surface area (Å²) < 4.78 is 14.5. The third-order valence-electron chi connectivity index (χ3n) is 2.27. The van der Waals surface area contributed by atoms with Crippen molar-refractivity contribution in [3.05, 3.63) is 35.8 Å². The van der Waals surface area contributed by atoms with Gasteiger partial charge in [0.05, 0.1) is 5.52 Å². The highest BCUT2D eigenvalue weighted by molar-refractivity contribution is 5.97. The molecule has 72 valence electrons. The number of carbonyl (C=O) groups excluding carboxylic acids is 1. The van der Waals surface area contributed by atoms with E-state index in [1.807, 2.05) is 0 Å². The molecule has 1 amide bonds. The van der Waals surface area contributed by atoms with Crippen molar-refractivity contribution < 1.29 is 9.18 Å². The number of aryl methyl sites for hydroxylation is 1. The molecule has 3 nitrogen and oxygen atoms in total. The monoisotopic (exact) mass is 192 g/mol. The van der Waals surface area contributed by atoms with Crippen LogP contribution in [0.5, 0.6) is 0 Å². The zero-order chi connectivity index (χ0) is 10.3. The molecular formula is C10H9FN2O. The molecule has 0 aliphatic rings. The molecule has 2 N–H and O–H groups in total. The Hall–Kier alpha value is -1.84. The van der Waals surface area contributed by atoms with Gasteiger partial charge in [0.25, 0.3) is 0 Å². The van der Waals surface area contributed by atoms with Crippen molar-refractivity contribution in [1.82, 2.24) is 4.57 Å². The minimum absolute atomic E-state index is 0.332. The number of hydrogen-bond acceptors (Lipinski definition) is 1. The topological polar surface area (TPSA) is 48.0 Å². The SMILES string of the molecule is Cn1c(F)cc2ccc(C(N)=O)cc21. The Kier molecular flexibility index (Phi) is 1.77. The zero-order valence-electron chi connectivity index (χ0n) is 7.62. The van der Waals surface area contributed by atoms with E-state index in [9.17, 15) is 9.18 Å². The van der Waals surface area contributed by atoms with Crippen molar-refractivity contribution in [3.8, 4) is 0 Å². The minimum Gasteiger partial charge on any atom is -0.366 e. The predicted octanol–water partition coefficient (Wildman–Crippen LogP) is 1.42. The molecule has 14 heavy (non-hydrogen) atoms. The first-order chi connectivity index (χ1) is 6.59. The highest BCUT2D eigenvalue weighted by atomic mass is 19.1. The number of hydrogen-bond donors (Lipinski definition) is 1. The fourth-order valence-corrected chi connectivity index (χ4v) is 1.45. The van der Waals surface area contributed by atoms with Gasteiger partial charge in [-0.25, -0.2) is 0 Å². The lowest BCUT2D eigenvalue weighted by molar-refractivity contribution is 0.100. The number of aromatic nitrogens is 1. The van der Waals surface area contributed by atoms with Crippen LogP contribution in [0.15, 0.2) is 24.3 Å². The highest BCUT2D eigenvalue weighted by Gasteiger charge is 2.07. The first-order valence-corrected chi connectivity index (χ1v) is 4.14. The minimum atomic E-state index is -0.506. The van der Waals surface area contributed by atoms with E-state index in [4.69, 9.17) is 5.73 Å². The number of fused-ring (bicyclic) bond motifs is 1. The lowest BCUT2D eigenvalue weighted by Gasteiger charge is -1.98. The molecule has 0 aliphatic carbocycles. The average molecular weight is 192 g/mol. The summed E-state index contributed by atoms with van der Waals surface area (Å²) >= 11 is 0. The summed E-state index contributed by atoms with van der Waals surface area (Å²) in [6.45, 7) is 0. The largest absolute Gasteiger partial charge is 0.366 e. The summed E-state index contributed by atoms with van der Waals surface area (Å²) in [5.74, 6) is -0.838. The van der Waals surface area contributed by atoms with Crippen molar-refractivity contribution in [3.63, 3.8) is 0 Å². The van der Waals surface area contributed by atoms with E-state index in [0.29, 0.717) is 11.1 Å². The lowest BCUT2D eigenvalue weighted by atomic mass is 10.1. The lowest BCUT2D eigenvalue weighted by Crippen LogP contribution is -2.10. The molecule has 0 unspecified atom stereocenters. The molecule has 0 saturated heterocycles. The number of halogens is 1. The molecule has 4 heteroatoms. The number of carbonyl (C=O) groups is 1.